The Morgan fingerprint density at radius 1 is 1.00 bits per heavy atom. The zero-order valence-corrected chi connectivity index (χ0v) is 8.71. The summed E-state index contributed by atoms with van der Waals surface area (Å²) in [7, 11) is 12.1. The third-order valence-corrected chi connectivity index (χ3v) is 6.22. The summed E-state index contributed by atoms with van der Waals surface area (Å²) in [5.41, 5.74) is 1.06. The lowest BCUT2D eigenvalue weighted by atomic mass is 9.50. The molecule has 0 aromatic heterocycles. The molecule has 4 fully saturated rings. The van der Waals surface area contributed by atoms with Gasteiger partial charge in [-0.15, -0.1) is 5.72 Å². The van der Waals surface area contributed by atoms with Crippen LogP contribution in [0.25, 0.3) is 0 Å². The second kappa shape index (κ2) is 2.13. The number of hydrogen-bond donors (Lipinski definition) is 0. The molecule has 4 aliphatic rings. The third kappa shape index (κ3) is 0.676. The maximum absolute atomic E-state index is 6.05. The third-order valence-electron chi connectivity index (χ3n) is 6.22. The van der Waals surface area contributed by atoms with Crippen molar-refractivity contribution in [1.82, 2.24) is 0 Å². The standard InChI is InChI=1S/C12H16B2/c13-10(14)11-3-7-1-8-2-9(5-11)12(8,4-7)6-11/h7-10H,1-6H2. The topological polar surface area (TPSA) is 0 Å². The van der Waals surface area contributed by atoms with Crippen molar-refractivity contribution in [2.45, 2.75) is 44.2 Å². The first-order chi connectivity index (χ1) is 6.65. The van der Waals surface area contributed by atoms with E-state index in [4.69, 9.17) is 15.7 Å². The number of hydrogen-bond acceptors (Lipinski definition) is 0. The molecule has 4 saturated carbocycles. The lowest BCUT2D eigenvalue weighted by Gasteiger charge is -2.49. The molecule has 0 saturated heterocycles. The summed E-state index contributed by atoms with van der Waals surface area (Å²) < 4.78 is 0. The van der Waals surface area contributed by atoms with Crippen molar-refractivity contribution in [3.63, 3.8) is 0 Å². The molecule has 4 radical (unpaired) electrons. The fourth-order valence-corrected chi connectivity index (χ4v) is 5.81. The first-order valence-electron chi connectivity index (χ1n) is 6.16. The second-order valence-corrected chi connectivity index (χ2v) is 6.64. The highest BCUT2D eigenvalue weighted by atomic mass is 14.7. The molecule has 3 bridgehead atoms. The summed E-state index contributed by atoms with van der Waals surface area (Å²) in [5, 5.41) is 0. The molecule has 0 nitrogen and oxygen atoms in total. The van der Waals surface area contributed by atoms with Crippen molar-refractivity contribution in [3.05, 3.63) is 0 Å². The van der Waals surface area contributed by atoms with Gasteiger partial charge in [0.05, 0.1) is 15.7 Å². The van der Waals surface area contributed by atoms with E-state index in [1.54, 1.807) is 0 Å². The second-order valence-electron chi connectivity index (χ2n) is 6.64. The van der Waals surface area contributed by atoms with Gasteiger partial charge in [0.25, 0.3) is 0 Å². The van der Waals surface area contributed by atoms with Crippen molar-refractivity contribution in [1.29, 1.82) is 0 Å². The van der Waals surface area contributed by atoms with E-state index in [0.717, 1.165) is 23.2 Å². The minimum atomic E-state index is -0.0495. The van der Waals surface area contributed by atoms with Crippen LogP contribution in [0.3, 0.4) is 0 Å². The molecule has 0 aromatic rings. The molecule has 5 unspecified atom stereocenters. The summed E-state index contributed by atoms with van der Waals surface area (Å²) in [6, 6.07) is 0. The Balaban J connectivity index is 1.81. The molecule has 4 aliphatic carbocycles. The highest BCUT2D eigenvalue weighted by Crippen LogP contribution is 2.80. The molecular formula is C12H16B2. The lowest BCUT2D eigenvalue weighted by Crippen LogP contribution is -2.42. The van der Waals surface area contributed by atoms with Gasteiger partial charge in [0.15, 0.2) is 0 Å². The summed E-state index contributed by atoms with van der Waals surface area (Å²) in [4.78, 5) is 0. The summed E-state index contributed by atoms with van der Waals surface area (Å²) in [6.07, 6.45) is 8.62. The Morgan fingerprint density at radius 2 is 1.86 bits per heavy atom. The minimum absolute atomic E-state index is 0.0495. The zero-order chi connectivity index (χ0) is 9.55. The van der Waals surface area contributed by atoms with E-state index in [2.05, 4.69) is 0 Å². The number of rotatable bonds is 1. The van der Waals surface area contributed by atoms with Crippen molar-refractivity contribution in [3.8, 4) is 0 Å². The molecule has 0 amide bonds. The van der Waals surface area contributed by atoms with Crippen molar-refractivity contribution >= 4 is 15.7 Å². The fourth-order valence-electron chi connectivity index (χ4n) is 5.81. The minimum Gasteiger partial charge on any atom is -0.104 e. The van der Waals surface area contributed by atoms with Crippen LogP contribution >= 0.6 is 0 Å². The zero-order valence-electron chi connectivity index (χ0n) is 8.71. The van der Waals surface area contributed by atoms with Gasteiger partial charge >= 0.3 is 0 Å². The Bertz CT molecular complexity index is 297. The van der Waals surface area contributed by atoms with E-state index >= 15 is 0 Å². The Kier molecular flexibility index (Phi) is 1.26. The van der Waals surface area contributed by atoms with Crippen LogP contribution in [0.4, 0.5) is 0 Å². The van der Waals surface area contributed by atoms with Crippen LogP contribution in [-0.4, -0.2) is 15.7 Å². The van der Waals surface area contributed by atoms with Crippen LogP contribution in [0.2, 0.25) is 5.72 Å². The first kappa shape index (κ1) is 8.30. The normalized spacial score (nSPS) is 63.1. The van der Waals surface area contributed by atoms with Gasteiger partial charge in [-0.25, -0.2) is 0 Å². The summed E-state index contributed by atoms with van der Waals surface area (Å²) >= 11 is 0. The molecule has 1 spiro atoms. The van der Waals surface area contributed by atoms with Gasteiger partial charge in [0.2, 0.25) is 0 Å². The van der Waals surface area contributed by atoms with Gasteiger partial charge in [-0.05, 0) is 67.1 Å². The van der Waals surface area contributed by atoms with E-state index in [9.17, 15) is 0 Å². The van der Waals surface area contributed by atoms with E-state index in [1.807, 2.05) is 0 Å². The van der Waals surface area contributed by atoms with Gasteiger partial charge in [-0.3, -0.25) is 0 Å². The van der Waals surface area contributed by atoms with Gasteiger partial charge in [0, 0.05) is 0 Å². The highest BCUT2D eigenvalue weighted by Gasteiger charge is 2.70. The summed E-state index contributed by atoms with van der Waals surface area (Å²) in [6.45, 7) is 0. The maximum Gasteiger partial charge on any atom is 0.0582 e. The van der Waals surface area contributed by atoms with Crippen molar-refractivity contribution < 1.29 is 0 Å². The monoisotopic (exact) mass is 182 g/mol. The number of fused-ring (bicyclic) bond motifs is 2. The first-order valence-corrected chi connectivity index (χ1v) is 6.16. The molecule has 0 aliphatic heterocycles. The quantitative estimate of drug-likeness (QED) is 0.545. The van der Waals surface area contributed by atoms with Gasteiger partial charge in [0.1, 0.15) is 0 Å². The maximum atomic E-state index is 6.05. The molecule has 0 heterocycles. The predicted molar refractivity (Wildman–Crippen MR) is 58.3 cm³/mol. The SMILES string of the molecule is [B]C([B])C12CC3CC4CC(C1)C4(C3)C2. The Hall–Kier alpha value is 0.130. The van der Waals surface area contributed by atoms with E-state index in [-0.39, 0.29) is 5.72 Å². The van der Waals surface area contributed by atoms with Crippen LogP contribution < -0.4 is 0 Å². The van der Waals surface area contributed by atoms with Crippen molar-refractivity contribution in [2.75, 3.05) is 0 Å². The highest BCUT2D eigenvalue weighted by molar-refractivity contribution is 6.36. The molecule has 2 heteroatoms. The van der Waals surface area contributed by atoms with Crippen molar-refractivity contribution in [2.24, 2.45) is 28.6 Å². The van der Waals surface area contributed by atoms with E-state index in [1.165, 1.54) is 38.5 Å². The molecule has 0 N–H and O–H groups in total. The van der Waals surface area contributed by atoms with E-state index in [0.29, 0.717) is 5.41 Å². The molecule has 4 rings (SSSR count). The van der Waals surface area contributed by atoms with Crippen LogP contribution in [0.1, 0.15) is 38.5 Å². The molecule has 5 atom stereocenters. The molecule has 14 heavy (non-hydrogen) atoms. The largest absolute Gasteiger partial charge is 0.104 e. The average Bonchev–Trinajstić information content (AvgIpc) is 2.42. The Morgan fingerprint density at radius 3 is 2.64 bits per heavy atom. The lowest BCUT2D eigenvalue weighted by molar-refractivity contribution is -0.00214. The van der Waals surface area contributed by atoms with E-state index < -0.39 is 0 Å². The van der Waals surface area contributed by atoms with Gasteiger partial charge in [-0.2, -0.15) is 0 Å². The molecule has 70 valence electrons. The average molecular weight is 182 g/mol. The summed E-state index contributed by atoms with van der Waals surface area (Å²) in [5.74, 6) is 3.06. The van der Waals surface area contributed by atoms with Crippen LogP contribution in [0.15, 0.2) is 0 Å². The van der Waals surface area contributed by atoms with Crippen LogP contribution in [0, 0.1) is 28.6 Å². The molecular weight excluding hydrogens is 166 g/mol. The molecule has 0 aromatic carbocycles. The van der Waals surface area contributed by atoms with Gasteiger partial charge in [-0.1, -0.05) is 0 Å². The predicted octanol–water partition coefficient (Wildman–Crippen LogP) is 2.29. The fraction of sp³-hybridized carbons (Fsp3) is 1.00. The van der Waals surface area contributed by atoms with Crippen LogP contribution in [-0.2, 0) is 0 Å². The van der Waals surface area contributed by atoms with Gasteiger partial charge < -0.3 is 0 Å². The smallest absolute Gasteiger partial charge is 0.0582 e. The Labute approximate surface area is 89.0 Å². The van der Waals surface area contributed by atoms with Crippen LogP contribution in [0.5, 0.6) is 0 Å².